The van der Waals surface area contributed by atoms with Crippen LogP contribution in [0.4, 0.5) is 14.9 Å². The number of piperidine rings is 1. The Bertz CT molecular complexity index is 721. The van der Waals surface area contributed by atoms with E-state index in [1.54, 1.807) is 6.07 Å². The van der Waals surface area contributed by atoms with Crippen molar-refractivity contribution in [3.8, 4) is 5.75 Å². The molecule has 1 amide bonds. The molecule has 0 aliphatic carbocycles. The molecule has 5 rings (SSSR count). The second-order valence-corrected chi connectivity index (χ2v) is 8.52. The molecule has 0 spiro atoms. The normalized spacial score (nSPS) is 27.3. The number of nitrogens with two attached hydrogens (primary N) is 1. The first-order valence-electron chi connectivity index (χ1n) is 9.18. The van der Waals surface area contributed by atoms with Crippen molar-refractivity contribution in [1.82, 2.24) is 4.90 Å². The first-order valence-corrected chi connectivity index (χ1v) is 9.18. The van der Waals surface area contributed by atoms with E-state index in [-0.39, 0.29) is 30.0 Å². The van der Waals surface area contributed by atoms with Crippen LogP contribution < -0.4 is 15.4 Å². The maximum absolute atomic E-state index is 14.5. The van der Waals surface area contributed by atoms with Crippen LogP contribution in [0, 0.1) is 5.82 Å². The van der Waals surface area contributed by atoms with E-state index < -0.39 is 5.60 Å². The number of amides is 1. The maximum Gasteiger partial charge on any atom is 0.410 e. The summed E-state index contributed by atoms with van der Waals surface area (Å²) in [5, 5.41) is 0. The number of ether oxygens (including phenoxy) is 2. The van der Waals surface area contributed by atoms with Crippen molar-refractivity contribution in [3.05, 3.63) is 23.5 Å². The fraction of sp³-hybridized carbons (Fsp3) is 0.632. The summed E-state index contributed by atoms with van der Waals surface area (Å²) >= 11 is 0. The first kappa shape index (κ1) is 17.4. The highest BCUT2D eigenvalue weighted by molar-refractivity contribution is 5.71. The zero-order chi connectivity index (χ0) is 18.6. The molecule has 4 aliphatic rings. The highest BCUT2D eigenvalue weighted by Gasteiger charge is 2.49. The van der Waals surface area contributed by atoms with Gasteiger partial charge in [-0.15, -0.1) is 0 Å². The number of anilines is 1. The van der Waals surface area contributed by atoms with Crippen molar-refractivity contribution in [1.29, 1.82) is 0 Å². The summed E-state index contributed by atoms with van der Waals surface area (Å²) in [4.78, 5) is 16.3. The third kappa shape index (κ3) is 3.09. The minimum atomic E-state index is -0.500. The van der Waals surface area contributed by atoms with Crippen LogP contribution in [0.15, 0.2) is 12.1 Å². The number of halogens is 1. The Hall–Kier alpha value is -2.02. The standard InChI is InChI=1S/C19H26FN3O3/c1-19(2,3)26-18(24)23-13-5-14(23)9-22(8-13)12-6-16(20)15-4-11(21)10-25-17(15)7-12/h6-7,11,13-14H,4-5,8-10,21H2,1-3H3. The van der Waals surface area contributed by atoms with E-state index in [1.807, 2.05) is 31.7 Å². The number of carbonyl (C=O) groups excluding carboxylic acids is 1. The molecule has 2 bridgehead atoms. The van der Waals surface area contributed by atoms with Gasteiger partial charge >= 0.3 is 6.09 Å². The van der Waals surface area contributed by atoms with Crippen LogP contribution in [0.5, 0.6) is 5.75 Å². The Kier molecular flexibility index (Phi) is 4.02. The Morgan fingerprint density at radius 2 is 2.00 bits per heavy atom. The molecular formula is C19H26FN3O3. The van der Waals surface area contributed by atoms with E-state index >= 15 is 0 Å². The smallest absolute Gasteiger partial charge is 0.410 e. The molecule has 3 saturated heterocycles. The van der Waals surface area contributed by atoms with Gasteiger partial charge in [0.2, 0.25) is 0 Å². The van der Waals surface area contributed by atoms with Crippen molar-refractivity contribution in [2.75, 3.05) is 24.6 Å². The van der Waals surface area contributed by atoms with Crippen LogP contribution in [0.3, 0.4) is 0 Å². The summed E-state index contributed by atoms with van der Waals surface area (Å²) in [6.45, 7) is 7.37. The fourth-order valence-corrected chi connectivity index (χ4v) is 4.06. The van der Waals surface area contributed by atoms with E-state index in [9.17, 15) is 9.18 Å². The second-order valence-electron chi connectivity index (χ2n) is 8.52. The largest absolute Gasteiger partial charge is 0.491 e. The lowest BCUT2D eigenvalue weighted by Crippen LogP contribution is -2.70. The molecule has 3 fully saturated rings. The van der Waals surface area contributed by atoms with Crippen LogP contribution in [0.25, 0.3) is 0 Å². The van der Waals surface area contributed by atoms with Crippen molar-refractivity contribution in [2.24, 2.45) is 5.73 Å². The molecule has 2 N–H and O–H groups in total. The highest BCUT2D eigenvalue weighted by Crippen LogP contribution is 2.38. The lowest BCUT2D eigenvalue weighted by molar-refractivity contribution is -0.0379. The number of piperazine rings is 1. The van der Waals surface area contributed by atoms with Gasteiger partial charge in [0.15, 0.2) is 0 Å². The molecule has 3 unspecified atom stereocenters. The topological polar surface area (TPSA) is 68.0 Å². The van der Waals surface area contributed by atoms with Crippen molar-refractivity contribution in [3.63, 3.8) is 0 Å². The number of nitrogens with zero attached hydrogens (tertiary/aromatic N) is 2. The van der Waals surface area contributed by atoms with Crippen LogP contribution in [0.2, 0.25) is 0 Å². The van der Waals surface area contributed by atoms with Crippen LogP contribution in [0.1, 0.15) is 32.8 Å². The van der Waals surface area contributed by atoms with Gasteiger partial charge in [0.1, 0.15) is 23.8 Å². The lowest BCUT2D eigenvalue weighted by atomic mass is 9.87. The first-order chi connectivity index (χ1) is 12.2. The van der Waals surface area contributed by atoms with Gasteiger partial charge in [-0.1, -0.05) is 0 Å². The average molecular weight is 363 g/mol. The van der Waals surface area contributed by atoms with E-state index in [2.05, 4.69) is 4.90 Å². The third-order valence-corrected chi connectivity index (χ3v) is 5.22. The summed E-state index contributed by atoms with van der Waals surface area (Å²) in [7, 11) is 0. The summed E-state index contributed by atoms with van der Waals surface area (Å²) in [6, 6.07) is 3.51. The fourth-order valence-electron chi connectivity index (χ4n) is 4.06. The van der Waals surface area contributed by atoms with Gasteiger partial charge in [0.05, 0.1) is 12.1 Å². The number of hydrogen-bond donors (Lipinski definition) is 1. The molecule has 26 heavy (non-hydrogen) atoms. The van der Waals surface area contributed by atoms with Crippen molar-refractivity contribution in [2.45, 2.75) is 57.3 Å². The number of fused-ring (bicyclic) bond motifs is 3. The number of benzene rings is 1. The summed E-state index contributed by atoms with van der Waals surface area (Å²) in [5.41, 5.74) is 6.72. The molecule has 4 heterocycles. The van der Waals surface area contributed by atoms with Crippen LogP contribution >= 0.6 is 0 Å². The summed E-state index contributed by atoms with van der Waals surface area (Å²) in [6.07, 6.45) is 1.21. The number of hydrogen-bond acceptors (Lipinski definition) is 5. The molecule has 142 valence electrons. The zero-order valence-electron chi connectivity index (χ0n) is 15.5. The minimum Gasteiger partial charge on any atom is -0.491 e. The van der Waals surface area contributed by atoms with Crippen molar-refractivity contribution < 1.29 is 18.7 Å². The van der Waals surface area contributed by atoms with E-state index in [1.165, 1.54) is 0 Å². The molecule has 0 radical (unpaired) electrons. The zero-order valence-corrected chi connectivity index (χ0v) is 15.5. The Labute approximate surface area is 153 Å². The van der Waals surface area contributed by atoms with Crippen molar-refractivity contribution >= 4 is 11.8 Å². The molecule has 7 heteroatoms. The van der Waals surface area contributed by atoms with E-state index in [0.29, 0.717) is 37.4 Å². The molecule has 6 nitrogen and oxygen atoms in total. The number of rotatable bonds is 1. The monoisotopic (exact) mass is 363 g/mol. The van der Waals surface area contributed by atoms with Gasteiger partial charge < -0.3 is 20.1 Å². The Morgan fingerprint density at radius 1 is 1.31 bits per heavy atom. The number of carbonyl (C=O) groups is 1. The van der Waals surface area contributed by atoms with E-state index in [0.717, 1.165) is 12.1 Å². The molecule has 3 atom stereocenters. The van der Waals surface area contributed by atoms with Crippen LogP contribution in [-0.2, 0) is 11.2 Å². The SMILES string of the molecule is CC(C)(C)OC(=O)N1C2CC1CN(c1cc(F)c3c(c1)OCC(N)C3)C2. The second kappa shape index (κ2) is 6.01. The van der Waals surface area contributed by atoms with Gasteiger partial charge in [-0.2, -0.15) is 0 Å². The minimum absolute atomic E-state index is 0.108. The van der Waals surface area contributed by atoms with Gasteiger partial charge in [-0.05, 0) is 39.7 Å². The Balaban J connectivity index is 1.48. The molecule has 1 aromatic carbocycles. The predicted molar refractivity (Wildman–Crippen MR) is 96.1 cm³/mol. The van der Waals surface area contributed by atoms with Gasteiger partial charge in [0.25, 0.3) is 0 Å². The molecule has 0 saturated carbocycles. The van der Waals surface area contributed by atoms with Gasteiger partial charge in [-0.25, -0.2) is 9.18 Å². The van der Waals surface area contributed by atoms with E-state index in [4.69, 9.17) is 15.2 Å². The van der Waals surface area contributed by atoms with Gasteiger partial charge in [-0.3, -0.25) is 4.90 Å². The molecular weight excluding hydrogens is 337 g/mol. The predicted octanol–water partition coefficient (Wildman–Crippen LogP) is 2.29. The van der Waals surface area contributed by atoms with Crippen LogP contribution in [-0.4, -0.2) is 54.4 Å². The Morgan fingerprint density at radius 3 is 2.65 bits per heavy atom. The lowest BCUT2D eigenvalue weighted by Gasteiger charge is -2.56. The third-order valence-electron chi connectivity index (χ3n) is 5.22. The average Bonchev–Trinajstić information content (AvgIpc) is 2.53. The molecule has 4 aliphatic heterocycles. The molecule has 1 aromatic rings. The highest BCUT2D eigenvalue weighted by atomic mass is 19.1. The maximum atomic E-state index is 14.5. The van der Waals surface area contributed by atoms with Gasteiger partial charge in [0, 0.05) is 36.4 Å². The quantitative estimate of drug-likeness (QED) is 0.829. The summed E-state index contributed by atoms with van der Waals surface area (Å²) in [5.74, 6) is 0.320. The molecule has 0 aromatic heterocycles. The summed E-state index contributed by atoms with van der Waals surface area (Å²) < 4.78 is 25.6.